The van der Waals surface area contributed by atoms with Gasteiger partial charge in [-0.2, -0.15) is 0 Å². The number of aryl methyl sites for hydroxylation is 1. The lowest BCUT2D eigenvalue weighted by Crippen LogP contribution is -1.97. The molecule has 3 aromatic rings. The van der Waals surface area contributed by atoms with Crippen LogP contribution in [0.2, 0.25) is 0 Å². The molecule has 1 heterocycles. The van der Waals surface area contributed by atoms with Crippen LogP contribution in [0.3, 0.4) is 0 Å². The van der Waals surface area contributed by atoms with Crippen molar-refractivity contribution in [2.24, 2.45) is 0 Å². The molecular formula is C18H14O2. The van der Waals surface area contributed by atoms with Gasteiger partial charge in [-0.05, 0) is 30.2 Å². The van der Waals surface area contributed by atoms with E-state index in [0.29, 0.717) is 5.58 Å². The molecule has 0 spiro atoms. The first-order valence-corrected chi connectivity index (χ1v) is 6.50. The zero-order valence-electron chi connectivity index (χ0n) is 11.2. The fraction of sp³-hybridized carbons (Fsp3) is 0.0556. The van der Waals surface area contributed by atoms with E-state index in [-0.39, 0.29) is 5.63 Å². The van der Waals surface area contributed by atoms with Crippen LogP contribution in [0.1, 0.15) is 16.7 Å². The van der Waals surface area contributed by atoms with Gasteiger partial charge in [0, 0.05) is 11.5 Å². The van der Waals surface area contributed by atoms with E-state index in [0.717, 1.165) is 22.1 Å². The lowest BCUT2D eigenvalue weighted by atomic mass is 10.1. The zero-order valence-corrected chi connectivity index (χ0v) is 11.2. The Morgan fingerprint density at radius 2 is 1.75 bits per heavy atom. The quantitative estimate of drug-likeness (QED) is 0.645. The molecule has 0 aliphatic rings. The Morgan fingerprint density at radius 3 is 2.55 bits per heavy atom. The van der Waals surface area contributed by atoms with Crippen LogP contribution in [0, 0.1) is 6.92 Å². The molecule has 0 saturated heterocycles. The van der Waals surface area contributed by atoms with Crippen molar-refractivity contribution >= 4 is 23.1 Å². The molecule has 0 unspecified atom stereocenters. The van der Waals surface area contributed by atoms with Gasteiger partial charge in [-0.1, -0.05) is 54.1 Å². The number of hydrogen-bond donors (Lipinski definition) is 0. The topological polar surface area (TPSA) is 30.2 Å². The molecule has 0 radical (unpaired) electrons. The van der Waals surface area contributed by atoms with E-state index in [9.17, 15) is 4.79 Å². The molecule has 2 nitrogen and oxygen atoms in total. The largest absolute Gasteiger partial charge is 0.423 e. The highest BCUT2D eigenvalue weighted by atomic mass is 16.4. The van der Waals surface area contributed by atoms with Gasteiger partial charge in [0.25, 0.3) is 0 Å². The molecule has 0 bridgehead atoms. The van der Waals surface area contributed by atoms with Gasteiger partial charge in [0.1, 0.15) is 5.58 Å². The highest BCUT2D eigenvalue weighted by Gasteiger charge is 2.03. The molecule has 20 heavy (non-hydrogen) atoms. The van der Waals surface area contributed by atoms with Gasteiger partial charge in [-0.15, -0.1) is 0 Å². The first-order chi connectivity index (χ1) is 9.72. The minimum atomic E-state index is -0.325. The molecule has 2 heteroatoms. The number of fused-ring (bicyclic) bond motifs is 1. The summed E-state index contributed by atoms with van der Waals surface area (Å²) in [4.78, 5) is 11.6. The van der Waals surface area contributed by atoms with Gasteiger partial charge < -0.3 is 4.42 Å². The minimum Gasteiger partial charge on any atom is -0.423 e. The van der Waals surface area contributed by atoms with E-state index in [1.54, 1.807) is 0 Å². The molecule has 0 amide bonds. The maximum absolute atomic E-state index is 11.6. The van der Waals surface area contributed by atoms with Gasteiger partial charge in [0.05, 0.1) is 0 Å². The minimum absolute atomic E-state index is 0.325. The van der Waals surface area contributed by atoms with Crippen LogP contribution in [-0.2, 0) is 0 Å². The first kappa shape index (κ1) is 12.4. The molecule has 3 rings (SSSR count). The van der Waals surface area contributed by atoms with E-state index in [2.05, 4.69) is 0 Å². The summed E-state index contributed by atoms with van der Waals surface area (Å²) in [7, 11) is 0. The summed E-state index contributed by atoms with van der Waals surface area (Å²) in [5.74, 6) is 0. The van der Waals surface area contributed by atoms with Crippen molar-refractivity contribution in [1.29, 1.82) is 0 Å². The van der Waals surface area contributed by atoms with Crippen molar-refractivity contribution in [1.82, 2.24) is 0 Å². The Hall–Kier alpha value is -2.61. The highest BCUT2D eigenvalue weighted by molar-refractivity contribution is 5.89. The number of benzene rings is 2. The maximum Gasteiger partial charge on any atom is 0.336 e. The van der Waals surface area contributed by atoms with E-state index < -0.39 is 0 Å². The fourth-order valence-electron chi connectivity index (χ4n) is 2.19. The van der Waals surface area contributed by atoms with Crippen LogP contribution in [0.15, 0.2) is 63.8 Å². The second-order valence-electron chi connectivity index (χ2n) is 4.76. The van der Waals surface area contributed by atoms with Crippen LogP contribution in [0.4, 0.5) is 0 Å². The Morgan fingerprint density at radius 1 is 0.950 bits per heavy atom. The molecule has 2 aromatic carbocycles. The predicted molar refractivity (Wildman–Crippen MR) is 82.6 cm³/mol. The Kier molecular flexibility index (Phi) is 3.21. The average Bonchev–Trinajstić information content (AvgIpc) is 2.46. The van der Waals surface area contributed by atoms with Crippen molar-refractivity contribution in [2.45, 2.75) is 6.92 Å². The fourth-order valence-corrected chi connectivity index (χ4v) is 2.19. The average molecular weight is 262 g/mol. The Labute approximate surface area is 117 Å². The maximum atomic E-state index is 11.6. The third-order valence-electron chi connectivity index (χ3n) is 3.18. The molecule has 0 aliphatic carbocycles. The van der Waals surface area contributed by atoms with Crippen molar-refractivity contribution in [3.05, 3.63) is 81.7 Å². The second kappa shape index (κ2) is 5.17. The summed E-state index contributed by atoms with van der Waals surface area (Å²) in [6.07, 6.45) is 3.95. The van der Waals surface area contributed by atoms with Crippen molar-refractivity contribution in [3.63, 3.8) is 0 Å². The van der Waals surface area contributed by atoms with Crippen molar-refractivity contribution in [3.8, 4) is 0 Å². The van der Waals surface area contributed by atoms with Crippen molar-refractivity contribution < 1.29 is 4.42 Å². The summed E-state index contributed by atoms with van der Waals surface area (Å²) in [6.45, 7) is 2.02. The van der Waals surface area contributed by atoms with Crippen LogP contribution in [0.5, 0.6) is 0 Å². The van der Waals surface area contributed by atoms with Gasteiger partial charge in [0.2, 0.25) is 0 Å². The first-order valence-electron chi connectivity index (χ1n) is 6.50. The standard InChI is InChI=1S/C18H14O2/c1-13-7-10-17-16(11-13)15(12-18(19)20-17)9-8-14-5-3-2-4-6-14/h2-12H,1H3. The zero-order chi connectivity index (χ0) is 13.9. The van der Waals surface area contributed by atoms with Crippen LogP contribution in [0.25, 0.3) is 23.1 Å². The van der Waals surface area contributed by atoms with Gasteiger partial charge in [-0.25, -0.2) is 4.79 Å². The molecule has 1 aromatic heterocycles. The van der Waals surface area contributed by atoms with Crippen LogP contribution >= 0.6 is 0 Å². The summed E-state index contributed by atoms with van der Waals surface area (Å²) in [5, 5.41) is 0.955. The summed E-state index contributed by atoms with van der Waals surface area (Å²) in [6, 6.07) is 17.3. The molecule has 0 atom stereocenters. The van der Waals surface area contributed by atoms with Crippen molar-refractivity contribution in [2.75, 3.05) is 0 Å². The Balaban J connectivity index is 2.13. The van der Waals surface area contributed by atoms with Gasteiger partial charge in [-0.3, -0.25) is 0 Å². The molecule has 0 fully saturated rings. The molecular weight excluding hydrogens is 248 g/mol. The van der Waals surface area contributed by atoms with E-state index >= 15 is 0 Å². The normalized spacial score (nSPS) is 11.2. The summed E-state index contributed by atoms with van der Waals surface area (Å²) < 4.78 is 5.22. The molecule has 98 valence electrons. The number of rotatable bonds is 2. The summed E-state index contributed by atoms with van der Waals surface area (Å²) in [5.41, 5.74) is 3.41. The van der Waals surface area contributed by atoms with E-state index in [4.69, 9.17) is 4.42 Å². The summed E-state index contributed by atoms with van der Waals surface area (Å²) >= 11 is 0. The third kappa shape index (κ3) is 2.54. The SMILES string of the molecule is Cc1ccc2oc(=O)cc(C=Cc3ccccc3)c2c1. The smallest absolute Gasteiger partial charge is 0.336 e. The van der Waals surface area contributed by atoms with Gasteiger partial charge in [0.15, 0.2) is 0 Å². The highest BCUT2D eigenvalue weighted by Crippen LogP contribution is 2.20. The lowest BCUT2D eigenvalue weighted by molar-refractivity contribution is 0.560. The second-order valence-corrected chi connectivity index (χ2v) is 4.76. The van der Waals surface area contributed by atoms with E-state index in [1.165, 1.54) is 6.07 Å². The monoisotopic (exact) mass is 262 g/mol. The molecule has 0 saturated carbocycles. The van der Waals surface area contributed by atoms with Gasteiger partial charge >= 0.3 is 5.63 Å². The Bertz CT molecular complexity index is 827. The lowest BCUT2D eigenvalue weighted by Gasteiger charge is -2.02. The van der Waals surface area contributed by atoms with Crippen LogP contribution < -0.4 is 5.63 Å². The predicted octanol–water partition coefficient (Wildman–Crippen LogP) is 4.27. The molecule has 0 N–H and O–H groups in total. The number of hydrogen-bond acceptors (Lipinski definition) is 2. The van der Waals surface area contributed by atoms with Crippen LogP contribution in [-0.4, -0.2) is 0 Å². The molecule has 0 aliphatic heterocycles. The third-order valence-corrected chi connectivity index (χ3v) is 3.18. The van der Waals surface area contributed by atoms with E-state index in [1.807, 2.05) is 67.6 Å².